The quantitative estimate of drug-likeness (QED) is 0.383. The number of nitrogens with two attached hydrogens (primary N) is 1. The van der Waals surface area contributed by atoms with Crippen molar-refractivity contribution in [1.29, 1.82) is 0 Å². The molecule has 3 atom stereocenters. The molecule has 2 aliphatic heterocycles. The van der Waals surface area contributed by atoms with Crippen molar-refractivity contribution in [3.63, 3.8) is 0 Å². The minimum atomic E-state index is -1.20. The number of likely N-dealkylation sites (tertiary alicyclic amines) is 2. The Labute approximate surface area is 151 Å². The van der Waals surface area contributed by atoms with Crippen LogP contribution in [0.25, 0.3) is 0 Å². The summed E-state index contributed by atoms with van der Waals surface area (Å²) in [7, 11) is 0. The van der Waals surface area contributed by atoms with Gasteiger partial charge in [0.15, 0.2) is 0 Å². The third-order valence-corrected chi connectivity index (χ3v) is 4.86. The van der Waals surface area contributed by atoms with E-state index < -0.39 is 36.5 Å². The highest BCUT2D eigenvalue weighted by Gasteiger charge is 2.42. The van der Waals surface area contributed by atoms with Crippen LogP contribution in [0.2, 0.25) is 0 Å². The molecule has 0 aromatic carbocycles. The van der Waals surface area contributed by atoms with Gasteiger partial charge in [-0.1, -0.05) is 0 Å². The van der Waals surface area contributed by atoms with Crippen molar-refractivity contribution >= 4 is 23.6 Å². The van der Waals surface area contributed by atoms with E-state index in [4.69, 9.17) is 15.9 Å². The Bertz CT molecular complexity index is 569. The number of hydrogen-bond acceptors (Lipinski definition) is 6. The van der Waals surface area contributed by atoms with Gasteiger partial charge in [-0.3, -0.25) is 19.2 Å². The van der Waals surface area contributed by atoms with Crippen molar-refractivity contribution < 1.29 is 29.4 Å². The van der Waals surface area contributed by atoms with E-state index in [0.29, 0.717) is 38.8 Å². The minimum absolute atomic E-state index is 0.0372. The van der Waals surface area contributed by atoms with Crippen molar-refractivity contribution in [2.45, 2.75) is 50.2 Å². The van der Waals surface area contributed by atoms with Gasteiger partial charge in [0.25, 0.3) is 0 Å². The van der Waals surface area contributed by atoms with E-state index in [2.05, 4.69) is 5.32 Å². The summed E-state index contributed by atoms with van der Waals surface area (Å²) in [6.07, 6.45) is 2.23. The van der Waals surface area contributed by atoms with Crippen LogP contribution < -0.4 is 11.1 Å². The molecule has 0 aromatic heterocycles. The molecule has 1 unspecified atom stereocenters. The summed E-state index contributed by atoms with van der Waals surface area (Å²) < 4.78 is 0. The first-order chi connectivity index (χ1) is 12.4. The molecule has 2 rings (SSSR count). The number of nitrogens with zero attached hydrogens (tertiary/aromatic N) is 2. The third-order valence-electron chi connectivity index (χ3n) is 4.86. The van der Waals surface area contributed by atoms with Gasteiger partial charge in [-0.25, -0.2) is 0 Å². The largest absolute Gasteiger partial charge is 0.396 e. The first-order valence-corrected chi connectivity index (χ1v) is 8.82. The standard InChI is InChI=1S/C16H26N4O6/c17-14(24)10(9-22)18-15(25)11-3-1-7-20(11)16(26)12-4-2-6-19(12)13(23)5-8-21/h10-12,21-22H,1-9H2,(H2,17,24)(H,18,25)/t10-,11?,12-/m0/s1. The third kappa shape index (κ3) is 4.31. The average molecular weight is 370 g/mol. The van der Waals surface area contributed by atoms with Gasteiger partial charge in [-0.15, -0.1) is 0 Å². The number of carbonyl (C=O) groups is 4. The minimum Gasteiger partial charge on any atom is -0.396 e. The predicted octanol–water partition coefficient (Wildman–Crippen LogP) is -2.69. The summed E-state index contributed by atoms with van der Waals surface area (Å²) in [4.78, 5) is 51.5. The number of nitrogens with one attached hydrogen (secondary N) is 1. The Balaban J connectivity index is 2.06. The van der Waals surface area contributed by atoms with Gasteiger partial charge in [0.05, 0.1) is 13.2 Å². The fourth-order valence-corrected chi connectivity index (χ4v) is 3.53. The van der Waals surface area contributed by atoms with Crippen molar-refractivity contribution in [1.82, 2.24) is 15.1 Å². The van der Waals surface area contributed by atoms with Gasteiger partial charge in [0.1, 0.15) is 18.1 Å². The molecule has 0 radical (unpaired) electrons. The number of aliphatic hydroxyl groups is 2. The maximum Gasteiger partial charge on any atom is 0.246 e. The van der Waals surface area contributed by atoms with Crippen LogP contribution in [0.1, 0.15) is 32.1 Å². The normalized spacial score (nSPS) is 23.8. The van der Waals surface area contributed by atoms with Crippen LogP contribution in [-0.4, -0.2) is 88.1 Å². The van der Waals surface area contributed by atoms with Crippen LogP contribution in [-0.2, 0) is 19.2 Å². The molecule has 0 aliphatic carbocycles. The molecule has 5 N–H and O–H groups in total. The molecule has 2 fully saturated rings. The number of hydrogen-bond donors (Lipinski definition) is 4. The fraction of sp³-hybridized carbons (Fsp3) is 0.750. The molecule has 2 aliphatic rings. The lowest BCUT2D eigenvalue weighted by atomic mass is 10.1. The van der Waals surface area contributed by atoms with E-state index in [-0.39, 0.29) is 24.8 Å². The van der Waals surface area contributed by atoms with Crippen molar-refractivity contribution in [2.75, 3.05) is 26.3 Å². The summed E-state index contributed by atoms with van der Waals surface area (Å²) in [5.41, 5.74) is 5.11. The maximum atomic E-state index is 12.9. The number of primary amides is 1. The topological polar surface area (TPSA) is 153 Å². The van der Waals surface area contributed by atoms with E-state index in [1.54, 1.807) is 0 Å². The lowest BCUT2D eigenvalue weighted by molar-refractivity contribution is -0.147. The van der Waals surface area contributed by atoms with Crippen molar-refractivity contribution in [2.24, 2.45) is 5.73 Å². The van der Waals surface area contributed by atoms with Crippen LogP contribution in [0.4, 0.5) is 0 Å². The molecule has 146 valence electrons. The van der Waals surface area contributed by atoms with Gasteiger partial charge < -0.3 is 31.1 Å². The summed E-state index contributed by atoms with van der Waals surface area (Å²) >= 11 is 0. The summed E-state index contributed by atoms with van der Waals surface area (Å²) in [5, 5.41) is 20.4. The zero-order valence-electron chi connectivity index (χ0n) is 14.6. The molecule has 0 saturated carbocycles. The summed E-state index contributed by atoms with van der Waals surface area (Å²) in [5.74, 6) is -1.98. The Morgan fingerprint density at radius 2 is 1.65 bits per heavy atom. The van der Waals surface area contributed by atoms with E-state index in [1.165, 1.54) is 9.80 Å². The van der Waals surface area contributed by atoms with Gasteiger partial charge in [-0.2, -0.15) is 0 Å². The smallest absolute Gasteiger partial charge is 0.246 e. The molecule has 0 spiro atoms. The number of rotatable bonds is 7. The second-order valence-electron chi connectivity index (χ2n) is 6.55. The van der Waals surface area contributed by atoms with Crippen LogP contribution in [0.5, 0.6) is 0 Å². The lowest BCUT2D eigenvalue weighted by Gasteiger charge is -2.31. The SMILES string of the molecule is NC(=O)[C@H](CO)NC(=O)C1CCCN1C(=O)[C@@H]1CCCN1C(=O)CCO. The molecular formula is C16H26N4O6. The predicted molar refractivity (Wildman–Crippen MR) is 89.4 cm³/mol. The van der Waals surface area contributed by atoms with Gasteiger partial charge in [0, 0.05) is 19.5 Å². The number of amides is 4. The molecule has 0 bridgehead atoms. The molecular weight excluding hydrogens is 344 g/mol. The summed E-state index contributed by atoms with van der Waals surface area (Å²) in [6.45, 7) is -0.0571. The molecule has 0 aromatic rings. The number of aliphatic hydroxyl groups excluding tert-OH is 2. The summed E-state index contributed by atoms with van der Waals surface area (Å²) in [6, 6.07) is -2.59. The Morgan fingerprint density at radius 1 is 1.04 bits per heavy atom. The van der Waals surface area contributed by atoms with E-state index >= 15 is 0 Å². The van der Waals surface area contributed by atoms with Crippen LogP contribution >= 0.6 is 0 Å². The van der Waals surface area contributed by atoms with E-state index in [1.807, 2.05) is 0 Å². The molecule has 26 heavy (non-hydrogen) atoms. The molecule has 2 saturated heterocycles. The Kier molecular flexibility index (Phi) is 6.92. The second kappa shape index (κ2) is 8.95. The van der Waals surface area contributed by atoms with Crippen LogP contribution in [0.3, 0.4) is 0 Å². The van der Waals surface area contributed by atoms with E-state index in [9.17, 15) is 19.2 Å². The van der Waals surface area contributed by atoms with Gasteiger partial charge in [0.2, 0.25) is 23.6 Å². The first-order valence-electron chi connectivity index (χ1n) is 8.82. The molecule has 4 amide bonds. The number of carbonyl (C=O) groups excluding carboxylic acids is 4. The Morgan fingerprint density at radius 3 is 2.23 bits per heavy atom. The van der Waals surface area contributed by atoms with Crippen LogP contribution in [0.15, 0.2) is 0 Å². The van der Waals surface area contributed by atoms with Gasteiger partial charge in [-0.05, 0) is 25.7 Å². The fourth-order valence-electron chi connectivity index (χ4n) is 3.53. The zero-order chi connectivity index (χ0) is 19.3. The zero-order valence-corrected chi connectivity index (χ0v) is 14.6. The molecule has 2 heterocycles. The van der Waals surface area contributed by atoms with Crippen LogP contribution in [0, 0.1) is 0 Å². The lowest BCUT2D eigenvalue weighted by Crippen LogP contribution is -2.56. The van der Waals surface area contributed by atoms with Crippen molar-refractivity contribution in [3.05, 3.63) is 0 Å². The van der Waals surface area contributed by atoms with Gasteiger partial charge >= 0.3 is 0 Å². The maximum absolute atomic E-state index is 12.9. The average Bonchev–Trinajstić information content (AvgIpc) is 3.27. The second-order valence-corrected chi connectivity index (χ2v) is 6.55. The Hall–Kier alpha value is -2.20. The highest BCUT2D eigenvalue weighted by Crippen LogP contribution is 2.25. The monoisotopic (exact) mass is 370 g/mol. The molecule has 10 nitrogen and oxygen atoms in total. The van der Waals surface area contributed by atoms with E-state index in [0.717, 1.165) is 0 Å². The highest BCUT2D eigenvalue weighted by atomic mass is 16.3. The highest BCUT2D eigenvalue weighted by molar-refractivity contribution is 5.94. The van der Waals surface area contributed by atoms with Crippen molar-refractivity contribution in [3.8, 4) is 0 Å². The molecule has 10 heteroatoms. The first kappa shape index (κ1) is 20.1.